The van der Waals surface area contributed by atoms with E-state index in [1.165, 1.54) is 36.5 Å². The molecule has 11 aromatic rings. The van der Waals surface area contributed by atoms with Gasteiger partial charge in [0.2, 0.25) is 0 Å². The minimum absolute atomic E-state index is 0.592. The van der Waals surface area contributed by atoms with Crippen LogP contribution in [0.4, 0.5) is 0 Å². The fourth-order valence-electron chi connectivity index (χ4n) is 7.57. The van der Waals surface area contributed by atoms with Crippen LogP contribution in [0.1, 0.15) is 0 Å². The van der Waals surface area contributed by atoms with Crippen molar-refractivity contribution in [1.82, 2.24) is 19.5 Å². The summed E-state index contributed by atoms with van der Waals surface area (Å²) < 4.78 is 11.6. The summed E-state index contributed by atoms with van der Waals surface area (Å²) in [6.07, 6.45) is 0. The van der Waals surface area contributed by atoms with Crippen LogP contribution < -0.4 is 0 Å². The van der Waals surface area contributed by atoms with Crippen molar-refractivity contribution in [1.29, 1.82) is 0 Å². The summed E-state index contributed by atoms with van der Waals surface area (Å²) in [7, 11) is 0. The van der Waals surface area contributed by atoms with Gasteiger partial charge in [0.05, 0.1) is 21.4 Å². The summed E-state index contributed by atoms with van der Waals surface area (Å²) in [4.78, 5) is 15.4. The average Bonchev–Trinajstić information content (AvgIpc) is 3.87. The van der Waals surface area contributed by atoms with Gasteiger partial charge in [-0.3, -0.25) is 0 Å². The first kappa shape index (κ1) is 28.2. The zero-order chi connectivity index (χ0) is 33.5. The maximum Gasteiger partial charge on any atom is 0.164 e. The number of hydrogen-bond donors (Lipinski definition) is 0. The molecular formula is C45H26N4OS. The Bertz CT molecular complexity index is 3080. The first-order valence-corrected chi connectivity index (χ1v) is 17.8. The molecule has 0 unspecified atom stereocenters. The quantitative estimate of drug-likeness (QED) is 0.187. The molecule has 51 heavy (non-hydrogen) atoms. The second-order valence-electron chi connectivity index (χ2n) is 12.8. The van der Waals surface area contributed by atoms with E-state index in [2.05, 4.69) is 89.5 Å². The van der Waals surface area contributed by atoms with E-state index in [0.29, 0.717) is 17.5 Å². The number of furan rings is 1. The number of para-hydroxylation sites is 2. The monoisotopic (exact) mass is 670 g/mol. The highest BCUT2D eigenvalue weighted by Crippen LogP contribution is 2.45. The molecule has 0 aliphatic rings. The van der Waals surface area contributed by atoms with Crippen LogP contribution in [0, 0.1) is 0 Å². The first-order chi connectivity index (χ1) is 25.3. The minimum Gasteiger partial charge on any atom is -0.456 e. The van der Waals surface area contributed by atoms with Gasteiger partial charge in [-0.1, -0.05) is 127 Å². The Balaban J connectivity index is 1.28. The maximum atomic E-state index is 6.66. The molecule has 0 spiro atoms. The number of rotatable bonds is 4. The fourth-order valence-corrected chi connectivity index (χ4v) is 8.81. The lowest BCUT2D eigenvalue weighted by Crippen LogP contribution is -2.01. The van der Waals surface area contributed by atoms with Gasteiger partial charge in [-0.05, 0) is 24.3 Å². The van der Waals surface area contributed by atoms with E-state index in [-0.39, 0.29) is 0 Å². The molecular weight excluding hydrogens is 645 g/mol. The highest BCUT2D eigenvalue weighted by atomic mass is 32.1. The molecule has 4 heterocycles. The normalized spacial score (nSPS) is 11.9. The summed E-state index contributed by atoms with van der Waals surface area (Å²) >= 11 is 1.85. The van der Waals surface area contributed by atoms with E-state index >= 15 is 0 Å². The number of nitrogens with zero attached hydrogens (tertiary/aromatic N) is 4. The van der Waals surface area contributed by atoms with E-state index in [0.717, 1.165) is 49.8 Å². The molecule has 0 atom stereocenters. The zero-order valence-corrected chi connectivity index (χ0v) is 27.9. The van der Waals surface area contributed by atoms with E-state index in [1.54, 1.807) is 0 Å². The maximum absolute atomic E-state index is 6.66. The molecule has 0 fully saturated rings. The van der Waals surface area contributed by atoms with Crippen LogP contribution in [0.15, 0.2) is 162 Å². The molecule has 0 bridgehead atoms. The number of thiophene rings is 1. The lowest BCUT2D eigenvalue weighted by atomic mass is 10.0. The van der Waals surface area contributed by atoms with Gasteiger partial charge in [0.25, 0.3) is 0 Å². The molecule has 0 aliphatic carbocycles. The Labute approximate surface area is 295 Å². The average molecular weight is 671 g/mol. The van der Waals surface area contributed by atoms with Crippen molar-refractivity contribution in [3.8, 4) is 39.9 Å². The third-order valence-corrected chi connectivity index (χ3v) is 11.0. The van der Waals surface area contributed by atoms with Crippen LogP contribution in [-0.4, -0.2) is 19.5 Å². The second-order valence-corrected chi connectivity index (χ2v) is 13.8. The fraction of sp³-hybridized carbons (Fsp3) is 0. The third kappa shape index (κ3) is 4.30. The molecule has 7 aromatic carbocycles. The van der Waals surface area contributed by atoms with Crippen LogP contribution in [0.3, 0.4) is 0 Å². The number of benzene rings is 7. The van der Waals surface area contributed by atoms with E-state index in [4.69, 9.17) is 19.4 Å². The van der Waals surface area contributed by atoms with E-state index in [1.807, 2.05) is 84.1 Å². The van der Waals surface area contributed by atoms with Crippen molar-refractivity contribution < 1.29 is 4.42 Å². The molecule has 0 saturated heterocycles. The van der Waals surface area contributed by atoms with Crippen LogP contribution in [0.5, 0.6) is 0 Å². The van der Waals surface area contributed by atoms with Crippen molar-refractivity contribution >= 4 is 75.3 Å². The second kappa shape index (κ2) is 10.9. The van der Waals surface area contributed by atoms with Gasteiger partial charge in [-0.2, -0.15) is 0 Å². The Morgan fingerprint density at radius 2 is 1.08 bits per heavy atom. The van der Waals surface area contributed by atoms with Crippen LogP contribution >= 0.6 is 11.3 Å². The number of aromatic nitrogens is 4. The molecule has 0 amide bonds. The van der Waals surface area contributed by atoms with Crippen molar-refractivity contribution in [2.45, 2.75) is 0 Å². The van der Waals surface area contributed by atoms with Crippen molar-refractivity contribution in [2.75, 3.05) is 0 Å². The Kier molecular flexibility index (Phi) is 6.05. The highest BCUT2D eigenvalue weighted by Gasteiger charge is 2.23. The Hall–Kier alpha value is -6.63. The topological polar surface area (TPSA) is 56.7 Å². The SMILES string of the molecule is c1ccc(-c2nc(-c3ccccc3)nc(-c3cc(-n4c5ccccc5c5ccc6c7ccccc7sc6c54)cc4oc5ccccc5c34)n2)cc1. The molecule has 6 heteroatoms. The molecule has 11 rings (SSSR count). The first-order valence-electron chi connectivity index (χ1n) is 16.9. The van der Waals surface area contributed by atoms with Gasteiger partial charge in [-0.15, -0.1) is 11.3 Å². The van der Waals surface area contributed by atoms with Gasteiger partial charge in [-0.25, -0.2) is 15.0 Å². The predicted molar refractivity (Wildman–Crippen MR) is 211 cm³/mol. The molecule has 238 valence electrons. The lowest BCUT2D eigenvalue weighted by Gasteiger charge is -2.13. The Morgan fingerprint density at radius 1 is 0.471 bits per heavy atom. The molecule has 0 aliphatic heterocycles. The summed E-state index contributed by atoms with van der Waals surface area (Å²) in [5.74, 6) is 1.83. The van der Waals surface area contributed by atoms with Crippen LogP contribution in [-0.2, 0) is 0 Å². The minimum atomic E-state index is 0.592. The van der Waals surface area contributed by atoms with Gasteiger partial charge in [0.15, 0.2) is 17.5 Å². The Morgan fingerprint density at radius 3 is 1.84 bits per heavy atom. The zero-order valence-electron chi connectivity index (χ0n) is 27.1. The smallest absolute Gasteiger partial charge is 0.164 e. The molecule has 0 radical (unpaired) electrons. The molecule has 5 nitrogen and oxygen atoms in total. The number of hydrogen-bond acceptors (Lipinski definition) is 5. The van der Waals surface area contributed by atoms with Crippen molar-refractivity contribution in [3.05, 3.63) is 158 Å². The summed E-state index contributed by atoms with van der Waals surface area (Å²) in [6.45, 7) is 0. The number of fused-ring (bicyclic) bond motifs is 10. The van der Waals surface area contributed by atoms with Gasteiger partial charge in [0, 0.05) is 59.8 Å². The molecule has 0 N–H and O–H groups in total. The van der Waals surface area contributed by atoms with Gasteiger partial charge < -0.3 is 8.98 Å². The largest absolute Gasteiger partial charge is 0.456 e. The van der Waals surface area contributed by atoms with E-state index in [9.17, 15) is 0 Å². The van der Waals surface area contributed by atoms with Crippen molar-refractivity contribution in [2.24, 2.45) is 0 Å². The summed E-state index contributed by atoms with van der Waals surface area (Å²) in [6, 6.07) is 54.8. The predicted octanol–water partition coefficient (Wildman–Crippen LogP) is 12.2. The standard InChI is InChI=1S/C45H26N4OS/c1-3-13-27(14-4-1)43-46-44(28-15-5-2-6-16-28)48-45(47-43)35-25-29(26-38-40(35)34-19-8-11-21-37(34)50-38)49-36-20-10-7-17-30(36)32-23-24-33-31-18-9-12-22-39(31)51-42(33)41(32)49/h1-26H. The molecule has 4 aromatic heterocycles. The molecule has 0 saturated carbocycles. The van der Waals surface area contributed by atoms with Crippen LogP contribution in [0.25, 0.3) is 104 Å². The third-order valence-electron chi connectivity index (χ3n) is 9.84. The van der Waals surface area contributed by atoms with Crippen molar-refractivity contribution in [3.63, 3.8) is 0 Å². The van der Waals surface area contributed by atoms with E-state index < -0.39 is 0 Å². The van der Waals surface area contributed by atoms with Gasteiger partial charge >= 0.3 is 0 Å². The van der Waals surface area contributed by atoms with Gasteiger partial charge in [0.1, 0.15) is 11.2 Å². The van der Waals surface area contributed by atoms with Crippen LogP contribution in [0.2, 0.25) is 0 Å². The highest BCUT2D eigenvalue weighted by molar-refractivity contribution is 7.26. The summed E-state index contributed by atoms with van der Waals surface area (Å²) in [5, 5.41) is 6.95. The summed E-state index contributed by atoms with van der Waals surface area (Å²) in [5.41, 5.74) is 7.64. The lowest BCUT2D eigenvalue weighted by molar-refractivity contribution is 0.668.